The minimum Gasteiger partial charge on any atom is -0.495 e. The van der Waals surface area contributed by atoms with Crippen molar-refractivity contribution in [2.45, 2.75) is 0 Å². The summed E-state index contributed by atoms with van der Waals surface area (Å²) >= 11 is 0. The lowest BCUT2D eigenvalue weighted by Gasteiger charge is -2.09. The number of fused-ring (bicyclic) bond motifs is 1. The molecule has 14 heavy (non-hydrogen) atoms. The van der Waals surface area contributed by atoms with E-state index in [0.29, 0.717) is 0 Å². The molecule has 0 saturated heterocycles. The highest BCUT2D eigenvalue weighted by molar-refractivity contribution is 5.88. The van der Waals surface area contributed by atoms with E-state index in [0.717, 1.165) is 11.4 Å². The van der Waals surface area contributed by atoms with Gasteiger partial charge in [0, 0.05) is 7.05 Å². The van der Waals surface area contributed by atoms with Crippen LogP contribution < -0.4 is 10.1 Å². The third-order valence-electron chi connectivity index (χ3n) is 2.34. The second kappa shape index (κ2) is 3.58. The number of ether oxygens (including phenoxy) is 1. The number of anilines is 1. The summed E-state index contributed by atoms with van der Waals surface area (Å²) < 4.78 is 5.28. The van der Waals surface area contributed by atoms with Gasteiger partial charge in [0.25, 0.3) is 0 Å². The van der Waals surface area contributed by atoms with Crippen molar-refractivity contribution < 1.29 is 4.74 Å². The first kappa shape index (κ1) is 8.88. The molecule has 0 aromatic heterocycles. The Labute approximate surface area is 83.5 Å². The van der Waals surface area contributed by atoms with Gasteiger partial charge in [-0.2, -0.15) is 0 Å². The summed E-state index contributed by atoms with van der Waals surface area (Å²) in [5.74, 6) is 0.881. The normalized spacial score (nSPS) is 10.1. The molecule has 0 saturated carbocycles. The maximum atomic E-state index is 5.28. The van der Waals surface area contributed by atoms with Crippen LogP contribution in [0, 0.1) is 0 Å². The maximum Gasteiger partial charge on any atom is 0.142 e. The Morgan fingerprint density at radius 1 is 1.07 bits per heavy atom. The zero-order valence-corrected chi connectivity index (χ0v) is 8.37. The molecule has 0 radical (unpaired) electrons. The number of methoxy groups -OCH3 is 1. The van der Waals surface area contributed by atoms with Gasteiger partial charge in [-0.1, -0.05) is 24.3 Å². The van der Waals surface area contributed by atoms with Crippen LogP contribution in [0.4, 0.5) is 5.69 Å². The van der Waals surface area contributed by atoms with E-state index in [1.54, 1.807) is 7.11 Å². The standard InChI is InChI=1S/C12H13NO/c1-13-11-7-9-5-3-4-6-10(9)8-12(11)14-2/h3-8,13H,1-2H3. The SMILES string of the molecule is CNc1cc2ccccc2cc1OC. The summed E-state index contributed by atoms with van der Waals surface area (Å²) in [4.78, 5) is 0. The van der Waals surface area contributed by atoms with Crippen LogP contribution in [0.5, 0.6) is 5.75 Å². The third kappa shape index (κ3) is 1.39. The fourth-order valence-corrected chi connectivity index (χ4v) is 1.58. The molecule has 0 spiro atoms. The lowest BCUT2D eigenvalue weighted by atomic mass is 10.1. The molecule has 0 aliphatic rings. The van der Waals surface area contributed by atoms with Crippen molar-refractivity contribution in [1.82, 2.24) is 0 Å². The summed E-state index contributed by atoms with van der Waals surface area (Å²) in [6.07, 6.45) is 0. The zero-order chi connectivity index (χ0) is 9.97. The van der Waals surface area contributed by atoms with Crippen LogP contribution in [0.1, 0.15) is 0 Å². The van der Waals surface area contributed by atoms with Gasteiger partial charge in [0.2, 0.25) is 0 Å². The van der Waals surface area contributed by atoms with Gasteiger partial charge in [0.05, 0.1) is 12.8 Å². The number of benzene rings is 2. The Hall–Kier alpha value is -1.70. The molecule has 2 aromatic carbocycles. The Balaban J connectivity index is 2.69. The van der Waals surface area contributed by atoms with E-state index in [2.05, 4.69) is 23.5 Å². The summed E-state index contributed by atoms with van der Waals surface area (Å²) in [6.45, 7) is 0. The van der Waals surface area contributed by atoms with Crippen LogP contribution in [0.15, 0.2) is 36.4 Å². The first-order valence-corrected chi connectivity index (χ1v) is 4.59. The molecule has 0 fully saturated rings. The average molecular weight is 187 g/mol. The third-order valence-corrected chi connectivity index (χ3v) is 2.34. The predicted molar refractivity (Wildman–Crippen MR) is 60.0 cm³/mol. The van der Waals surface area contributed by atoms with Gasteiger partial charge >= 0.3 is 0 Å². The smallest absolute Gasteiger partial charge is 0.142 e. The van der Waals surface area contributed by atoms with Crippen molar-refractivity contribution in [2.24, 2.45) is 0 Å². The summed E-state index contributed by atoms with van der Waals surface area (Å²) in [6, 6.07) is 12.4. The second-order valence-electron chi connectivity index (χ2n) is 3.15. The quantitative estimate of drug-likeness (QED) is 0.780. The molecule has 2 heteroatoms. The maximum absolute atomic E-state index is 5.28. The Morgan fingerprint density at radius 2 is 1.71 bits per heavy atom. The van der Waals surface area contributed by atoms with E-state index in [9.17, 15) is 0 Å². The van der Waals surface area contributed by atoms with Gasteiger partial charge in [-0.15, -0.1) is 0 Å². The molecule has 0 bridgehead atoms. The van der Waals surface area contributed by atoms with Gasteiger partial charge < -0.3 is 10.1 Å². The molecule has 0 aliphatic heterocycles. The summed E-state index contributed by atoms with van der Waals surface area (Å²) in [5.41, 5.74) is 1.02. The van der Waals surface area contributed by atoms with E-state index in [1.807, 2.05) is 25.2 Å². The molecule has 2 aromatic rings. The lowest BCUT2D eigenvalue weighted by Crippen LogP contribution is -1.93. The first-order valence-electron chi connectivity index (χ1n) is 4.59. The van der Waals surface area contributed by atoms with E-state index >= 15 is 0 Å². The molecule has 0 unspecified atom stereocenters. The molecule has 0 heterocycles. The Morgan fingerprint density at radius 3 is 2.29 bits per heavy atom. The number of hydrogen-bond donors (Lipinski definition) is 1. The van der Waals surface area contributed by atoms with Gasteiger partial charge in [-0.25, -0.2) is 0 Å². The highest BCUT2D eigenvalue weighted by Crippen LogP contribution is 2.29. The van der Waals surface area contributed by atoms with Gasteiger partial charge in [-0.3, -0.25) is 0 Å². The van der Waals surface area contributed by atoms with Crippen LogP contribution in [0.2, 0.25) is 0 Å². The highest BCUT2D eigenvalue weighted by atomic mass is 16.5. The highest BCUT2D eigenvalue weighted by Gasteiger charge is 2.02. The van der Waals surface area contributed by atoms with Crippen LogP contribution in [-0.2, 0) is 0 Å². The van der Waals surface area contributed by atoms with Crippen molar-refractivity contribution in [3.05, 3.63) is 36.4 Å². The molecule has 1 N–H and O–H groups in total. The average Bonchev–Trinajstić information content (AvgIpc) is 2.27. The molecule has 0 atom stereocenters. The topological polar surface area (TPSA) is 21.3 Å². The monoisotopic (exact) mass is 187 g/mol. The van der Waals surface area contributed by atoms with Crippen LogP contribution in [0.25, 0.3) is 10.8 Å². The lowest BCUT2D eigenvalue weighted by molar-refractivity contribution is 0.417. The van der Waals surface area contributed by atoms with E-state index < -0.39 is 0 Å². The summed E-state index contributed by atoms with van der Waals surface area (Å²) in [5, 5.41) is 5.53. The van der Waals surface area contributed by atoms with E-state index in [1.165, 1.54) is 10.8 Å². The zero-order valence-electron chi connectivity index (χ0n) is 8.37. The summed E-state index contributed by atoms with van der Waals surface area (Å²) in [7, 11) is 3.58. The first-order chi connectivity index (χ1) is 6.85. The Kier molecular flexibility index (Phi) is 2.27. The van der Waals surface area contributed by atoms with Crippen molar-refractivity contribution in [1.29, 1.82) is 0 Å². The fraction of sp³-hybridized carbons (Fsp3) is 0.167. The second-order valence-corrected chi connectivity index (χ2v) is 3.15. The minimum atomic E-state index is 0.881. The molecule has 0 amide bonds. The van der Waals surface area contributed by atoms with Crippen LogP contribution >= 0.6 is 0 Å². The largest absolute Gasteiger partial charge is 0.495 e. The van der Waals surface area contributed by atoms with Gasteiger partial charge in [-0.05, 0) is 22.9 Å². The predicted octanol–water partition coefficient (Wildman–Crippen LogP) is 2.89. The Bertz CT molecular complexity index is 409. The van der Waals surface area contributed by atoms with E-state index in [-0.39, 0.29) is 0 Å². The number of nitrogens with one attached hydrogen (secondary N) is 1. The molecule has 2 rings (SSSR count). The van der Waals surface area contributed by atoms with Crippen molar-refractivity contribution in [3.8, 4) is 5.75 Å². The van der Waals surface area contributed by atoms with E-state index in [4.69, 9.17) is 4.74 Å². The molecular formula is C12H13NO. The van der Waals surface area contributed by atoms with Crippen molar-refractivity contribution in [3.63, 3.8) is 0 Å². The number of hydrogen-bond acceptors (Lipinski definition) is 2. The number of rotatable bonds is 2. The van der Waals surface area contributed by atoms with Crippen LogP contribution in [-0.4, -0.2) is 14.2 Å². The minimum absolute atomic E-state index is 0.881. The van der Waals surface area contributed by atoms with Crippen LogP contribution in [0.3, 0.4) is 0 Å². The molecule has 2 nitrogen and oxygen atoms in total. The van der Waals surface area contributed by atoms with Crippen molar-refractivity contribution >= 4 is 16.5 Å². The molecule has 72 valence electrons. The van der Waals surface area contributed by atoms with Gasteiger partial charge in [0.1, 0.15) is 5.75 Å². The van der Waals surface area contributed by atoms with Crippen molar-refractivity contribution in [2.75, 3.05) is 19.5 Å². The molecule has 0 aliphatic carbocycles. The molecular weight excluding hydrogens is 174 g/mol. The van der Waals surface area contributed by atoms with Gasteiger partial charge in [0.15, 0.2) is 0 Å². The fourth-order valence-electron chi connectivity index (χ4n) is 1.58.